The molecule has 2 unspecified atom stereocenters. The second-order valence-electron chi connectivity index (χ2n) is 4.85. The molecule has 0 bridgehead atoms. The van der Waals surface area contributed by atoms with Crippen LogP contribution < -0.4 is 0 Å². The molecule has 0 aliphatic heterocycles. The molecule has 0 aromatic rings. The average Bonchev–Trinajstić information content (AvgIpc) is 2.12. The summed E-state index contributed by atoms with van der Waals surface area (Å²) in [7, 11) is 0. The molecule has 0 aliphatic carbocycles. The third-order valence-corrected chi connectivity index (χ3v) is 3.03. The molecule has 0 heterocycles. The molecule has 0 spiro atoms. The van der Waals surface area contributed by atoms with Gasteiger partial charge in [-0.25, -0.2) is 0 Å². The summed E-state index contributed by atoms with van der Waals surface area (Å²) in [6.45, 7) is 4.20. The zero-order valence-electron chi connectivity index (χ0n) is 11.3. The molecule has 0 aromatic heterocycles. The maximum atomic E-state index is 12.7. The Morgan fingerprint density at radius 3 is 1.68 bits per heavy atom. The Balaban J connectivity index is 0. The summed E-state index contributed by atoms with van der Waals surface area (Å²) in [6.07, 6.45) is -8.59. The summed E-state index contributed by atoms with van der Waals surface area (Å²) in [5, 5.41) is 0. The second-order valence-corrected chi connectivity index (χ2v) is 4.85. The van der Waals surface area contributed by atoms with E-state index in [1.165, 1.54) is 20.3 Å². The van der Waals surface area contributed by atoms with Crippen molar-refractivity contribution in [2.75, 3.05) is 0 Å². The largest absolute Gasteiger partial charge is 0.392 e. The van der Waals surface area contributed by atoms with E-state index in [0.29, 0.717) is 0 Å². The Kier molecular flexibility index (Phi) is 10.2. The van der Waals surface area contributed by atoms with E-state index < -0.39 is 36.5 Å². The van der Waals surface area contributed by atoms with E-state index in [0.717, 1.165) is 0 Å². The first kappa shape index (κ1) is 22.0. The van der Waals surface area contributed by atoms with Crippen LogP contribution in [0.2, 0.25) is 0 Å². The molecule has 0 aliphatic rings. The first-order valence-corrected chi connectivity index (χ1v) is 5.91. The zero-order valence-corrected chi connectivity index (χ0v) is 14.1. The number of hydrogen-bond acceptors (Lipinski definition) is 0. The van der Waals surface area contributed by atoms with Gasteiger partial charge < -0.3 is 6.42 Å². The molecule has 0 nitrogen and oxygen atoms in total. The number of unbranched alkanes of at least 4 members (excludes halogenated alkanes) is 1. The fourth-order valence-corrected chi connectivity index (χ4v) is 1.87. The molecule has 0 fully saturated rings. The predicted molar refractivity (Wildman–Crippen MR) is 57.8 cm³/mol. The molecular weight excluding hydrogens is 347 g/mol. The van der Waals surface area contributed by atoms with Crippen LogP contribution in [0, 0.1) is 24.2 Å². The second kappa shape index (κ2) is 8.86. The van der Waals surface area contributed by atoms with Crippen molar-refractivity contribution in [2.24, 2.45) is 17.8 Å². The van der Waals surface area contributed by atoms with Gasteiger partial charge in [-0.05, 0) is 12.3 Å². The van der Waals surface area contributed by atoms with Crippen molar-refractivity contribution >= 4 is 0 Å². The third kappa shape index (κ3) is 8.54. The predicted octanol–water partition coefficient (Wildman–Crippen LogP) is 5.39. The zero-order chi connectivity index (χ0) is 14.6. The molecule has 0 N–H and O–H groups in total. The fourth-order valence-electron chi connectivity index (χ4n) is 1.87. The van der Waals surface area contributed by atoms with Crippen molar-refractivity contribution < 1.29 is 59.1 Å². The van der Waals surface area contributed by atoms with E-state index >= 15 is 0 Å². The number of alkyl halides is 6. The summed E-state index contributed by atoms with van der Waals surface area (Å²) in [4.78, 5) is 0. The molecule has 0 aromatic carbocycles. The van der Waals surface area contributed by atoms with Crippen LogP contribution >= 0.6 is 0 Å². The molecule has 113 valence electrons. The quantitative estimate of drug-likeness (QED) is 0.437. The number of halogens is 6. The summed E-state index contributed by atoms with van der Waals surface area (Å²) in [5.41, 5.74) is 0. The third-order valence-electron chi connectivity index (χ3n) is 3.03. The van der Waals surface area contributed by atoms with Crippen LogP contribution in [0.15, 0.2) is 0 Å². The van der Waals surface area contributed by atoms with Crippen molar-refractivity contribution in [3.05, 3.63) is 6.42 Å². The van der Waals surface area contributed by atoms with E-state index in [2.05, 4.69) is 0 Å². The van der Waals surface area contributed by atoms with Crippen LogP contribution in [0.25, 0.3) is 0 Å². The summed E-state index contributed by atoms with van der Waals surface area (Å²) in [6, 6.07) is 0. The number of rotatable bonds is 6. The molecular formula is C12H19F6Y-. The smallest absolute Gasteiger partial charge is 0.331 e. The van der Waals surface area contributed by atoms with Crippen molar-refractivity contribution in [2.45, 2.75) is 52.4 Å². The van der Waals surface area contributed by atoms with Gasteiger partial charge in [0.15, 0.2) is 0 Å². The van der Waals surface area contributed by atoms with Gasteiger partial charge in [-0.15, -0.1) is 0 Å². The van der Waals surface area contributed by atoms with E-state index in [1.807, 2.05) is 0 Å². The standard InChI is InChI=1S/C12H19F6.Y/c1-4-5-6-9(11(13,14)15)7-10(8(2)3)12(16,17)18;/h4,8-10H,5-7H2,1-3H3;/q-1;. The van der Waals surface area contributed by atoms with E-state index in [4.69, 9.17) is 0 Å². The van der Waals surface area contributed by atoms with Gasteiger partial charge in [0.25, 0.3) is 0 Å². The van der Waals surface area contributed by atoms with Crippen molar-refractivity contribution in [3.63, 3.8) is 0 Å². The Morgan fingerprint density at radius 2 is 1.42 bits per heavy atom. The summed E-state index contributed by atoms with van der Waals surface area (Å²) in [5.74, 6) is -4.64. The first-order chi connectivity index (χ1) is 8.00. The van der Waals surface area contributed by atoms with Gasteiger partial charge in [0, 0.05) is 32.7 Å². The van der Waals surface area contributed by atoms with Crippen molar-refractivity contribution in [1.29, 1.82) is 0 Å². The van der Waals surface area contributed by atoms with E-state index in [9.17, 15) is 26.3 Å². The summed E-state index contributed by atoms with van der Waals surface area (Å²) >= 11 is 0. The number of hydrogen-bond donors (Lipinski definition) is 0. The maximum Gasteiger partial charge on any atom is 0.392 e. The van der Waals surface area contributed by atoms with Gasteiger partial charge in [-0.2, -0.15) is 39.7 Å². The topological polar surface area (TPSA) is 0 Å². The van der Waals surface area contributed by atoms with Gasteiger partial charge in [-0.1, -0.05) is 20.3 Å². The Bertz CT molecular complexity index is 233. The van der Waals surface area contributed by atoms with Gasteiger partial charge in [0.1, 0.15) is 0 Å². The van der Waals surface area contributed by atoms with Gasteiger partial charge in [0.2, 0.25) is 0 Å². The first-order valence-electron chi connectivity index (χ1n) is 5.91. The Labute approximate surface area is 135 Å². The Hall–Kier alpha value is 0.684. The minimum absolute atomic E-state index is 0. The average molecular weight is 366 g/mol. The monoisotopic (exact) mass is 366 g/mol. The van der Waals surface area contributed by atoms with E-state index in [-0.39, 0.29) is 45.6 Å². The fraction of sp³-hybridized carbons (Fsp3) is 0.917. The molecule has 0 amide bonds. The summed E-state index contributed by atoms with van der Waals surface area (Å²) < 4.78 is 76.0. The SMILES string of the molecule is C[CH-]CCC(CC(C(C)C)C(F)(F)F)C(F)(F)F.[Y]. The molecule has 19 heavy (non-hydrogen) atoms. The van der Waals surface area contributed by atoms with Gasteiger partial charge in [-0.3, -0.25) is 0 Å². The van der Waals surface area contributed by atoms with Gasteiger partial charge >= 0.3 is 12.4 Å². The minimum Gasteiger partial charge on any atom is -0.331 e. The molecule has 7 heteroatoms. The molecule has 2 atom stereocenters. The molecule has 0 saturated carbocycles. The normalized spacial score (nSPS) is 16.1. The van der Waals surface area contributed by atoms with Crippen LogP contribution in [0.4, 0.5) is 26.3 Å². The van der Waals surface area contributed by atoms with Gasteiger partial charge in [0.05, 0.1) is 11.8 Å². The van der Waals surface area contributed by atoms with Crippen LogP contribution in [0.3, 0.4) is 0 Å². The van der Waals surface area contributed by atoms with Crippen LogP contribution in [0.5, 0.6) is 0 Å². The molecule has 1 radical (unpaired) electrons. The van der Waals surface area contributed by atoms with E-state index in [1.54, 1.807) is 6.92 Å². The van der Waals surface area contributed by atoms with Crippen molar-refractivity contribution in [1.82, 2.24) is 0 Å². The minimum atomic E-state index is -4.58. The van der Waals surface area contributed by atoms with Crippen LogP contribution in [-0.2, 0) is 32.7 Å². The maximum absolute atomic E-state index is 12.7. The molecule has 0 rings (SSSR count). The van der Waals surface area contributed by atoms with Crippen molar-refractivity contribution in [3.8, 4) is 0 Å². The van der Waals surface area contributed by atoms with Crippen LogP contribution in [-0.4, -0.2) is 12.4 Å². The molecule has 0 saturated heterocycles. The van der Waals surface area contributed by atoms with Crippen LogP contribution in [0.1, 0.15) is 40.0 Å². The Morgan fingerprint density at radius 1 is 0.947 bits per heavy atom.